The van der Waals surface area contributed by atoms with Crippen LogP contribution in [0.15, 0.2) is 42.5 Å². The molecule has 0 aliphatic heterocycles. The second-order valence-electron chi connectivity index (χ2n) is 6.38. The van der Waals surface area contributed by atoms with E-state index in [2.05, 4.69) is 12.2 Å². The van der Waals surface area contributed by atoms with Crippen molar-refractivity contribution in [3.8, 4) is 0 Å². The van der Waals surface area contributed by atoms with Gasteiger partial charge in [-0.1, -0.05) is 43.7 Å². The van der Waals surface area contributed by atoms with Gasteiger partial charge in [0, 0.05) is 31.9 Å². The van der Waals surface area contributed by atoms with Gasteiger partial charge in [-0.2, -0.15) is 0 Å². The van der Waals surface area contributed by atoms with E-state index >= 15 is 0 Å². The molecule has 0 heterocycles. The van der Waals surface area contributed by atoms with Gasteiger partial charge in [0.15, 0.2) is 11.6 Å². The molecule has 0 saturated carbocycles. The van der Waals surface area contributed by atoms with E-state index in [1.165, 1.54) is 0 Å². The summed E-state index contributed by atoms with van der Waals surface area (Å²) >= 11 is 0. The van der Waals surface area contributed by atoms with Crippen molar-refractivity contribution < 1.29 is 17.9 Å². The molecule has 0 amide bonds. The number of nitrogens with one attached hydrogen (secondary N) is 1. The molecule has 0 aliphatic rings. The molecule has 2 nitrogen and oxygen atoms in total. The van der Waals surface area contributed by atoms with Crippen molar-refractivity contribution in [1.29, 1.82) is 0 Å². The molecule has 1 atom stereocenters. The molecule has 0 aromatic heterocycles. The number of unbranched alkanes of at least 4 members (excludes halogenated alkanes) is 1. The third-order valence-electron chi connectivity index (χ3n) is 4.25. The summed E-state index contributed by atoms with van der Waals surface area (Å²) in [4.78, 5) is 0. The van der Waals surface area contributed by atoms with Crippen molar-refractivity contribution in [2.24, 2.45) is 0 Å². The summed E-state index contributed by atoms with van der Waals surface area (Å²) in [6.07, 6.45) is 3.00. The van der Waals surface area contributed by atoms with E-state index in [1.54, 1.807) is 0 Å². The molecule has 1 N–H and O–H groups in total. The predicted octanol–water partition coefficient (Wildman–Crippen LogP) is 5.01. The number of hydrogen-bond donors (Lipinski definition) is 1. The molecule has 0 saturated heterocycles. The lowest BCUT2D eigenvalue weighted by Gasteiger charge is -2.20. The molecule has 0 aliphatic carbocycles. The zero-order chi connectivity index (χ0) is 18.8. The van der Waals surface area contributed by atoms with Crippen molar-refractivity contribution in [1.82, 2.24) is 5.32 Å². The molecule has 0 fully saturated rings. The van der Waals surface area contributed by atoms with Gasteiger partial charge in [-0.25, -0.2) is 13.2 Å². The Kier molecular flexibility index (Phi) is 8.65. The summed E-state index contributed by atoms with van der Waals surface area (Å²) < 4.78 is 46.2. The topological polar surface area (TPSA) is 21.3 Å². The fraction of sp³-hybridized carbons (Fsp3) is 0.429. The third kappa shape index (κ3) is 6.81. The summed E-state index contributed by atoms with van der Waals surface area (Å²) in [7, 11) is 0. The van der Waals surface area contributed by atoms with Gasteiger partial charge in [0.05, 0.1) is 0 Å². The van der Waals surface area contributed by atoms with Gasteiger partial charge in [-0.3, -0.25) is 0 Å². The van der Waals surface area contributed by atoms with E-state index in [4.69, 9.17) is 4.74 Å². The van der Waals surface area contributed by atoms with Crippen molar-refractivity contribution in [2.75, 3.05) is 13.2 Å². The summed E-state index contributed by atoms with van der Waals surface area (Å²) in [5.41, 5.74) is 1.28. The van der Waals surface area contributed by atoms with Crippen LogP contribution in [0, 0.1) is 17.5 Å². The van der Waals surface area contributed by atoms with Crippen LogP contribution < -0.4 is 5.32 Å². The molecule has 2 aromatic rings. The average Bonchev–Trinajstić information content (AvgIpc) is 2.64. The van der Waals surface area contributed by atoms with Crippen LogP contribution in [0.1, 0.15) is 37.3 Å². The molecule has 0 spiro atoms. The Labute approximate surface area is 153 Å². The highest BCUT2D eigenvalue weighted by molar-refractivity contribution is 5.21. The van der Waals surface area contributed by atoms with E-state index in [0.29, 0.717) is 32.2 Å². The lowest BCUT2D eigenvalue weighted by molar-refractivity contribution is 0.121. The van der Waals surface area contributed by atoms with Crippen molar-refractivity contribution in [3.05, 3.63) is 71.0 Å². The van der Waals surface area contributed by atoms with E-state index in [0.717, 1.165) is 24.5 Å². The highest BCUT2D eigenvalue weighted by atomic mass is 19.2. The zero-order valence-corrected chi connectivity index (χ0v) is 15.1. The maximum atomic E-state index is 14.0. The van der Waals surface area contributed by atoms with Crippen LogP contribution in [0.3, 0.4) is 0 Å². The Morgan fingerprint density at radius 2 is 1.69 bits per heavy atom. The standard InChI is InChI=1S/C21H26F3NO/c1-2-3-10-26-11-9-18(25-15-16-7-5-4-6-8-16)12-17-13-20(23)21(24)14-19(17)22/h4-8,13-14,18,25H,2-3,9-12,15H2,1H3/t18-/m0/s1. The summed E-state index contributed by atoms with van der Waals surface area (Å²) in [5, 5.41) is 3.37. The quantitative estimate of drug-likeness (QED) is 0.446. The van der Waals surface area contributed by atoms with Gasteiger partial charge >= 0.3 is 0 Å². The second kappa shape index (κ2) is 11.0. The fourth-order valence-corrected chi connectivity index (χ4v) is 2.69. The largest absolute Gasteiger partial charge is 0.381 e. The number of rotatable bonds is 11. The number of hydrogen-bond acceptors (Lipinski definition) is 2. The van der Waals surface area contributed by atoms with Gasteiger partial charge in [-0.15, -0.1) is 0 Å². The van der Waals surface area contributed by atoms with Crippen LogP contribution in [0.2, 0.25) is 0 Å². The van der Waals surface area contributed by atoms with Crippen LogP contribution >= 0.6 is 0 Å². The van der Waals surface area contributed by atoms with Crippen LogP contribution in [-0.2, 0) is 17.7 Å². The molecule has 0 bridgehead atoms. The summed E-state index contributed by atoms with van der Waals surface area (Å²) in [6, 6.07) is 11.3. The maximum Gasteiger partial charge on any atom is 0.161 e. The first kappa shape index (κ1) is 20.5. The minimum absolute atomic E-state index is 0.101. The monoisotopic (exact) mass is 365 g/mol. The Morgan fingerprint density at radius 1 is 0.962 bits per heavy atom. The van der Waals surface area contributed by atoms with Crippen LogP contribution in [0.5, 0.6) is 0 Å². The Bertz CT molecular complexity index is 664. The molecule has 0 unspecified atom stereocenters. The van der Waals surface area contributed by atoms with Crippen molar-refractivity contribution >= 4 is 0 Å². The first-order chi connectivity index (χ1) is 12.6. The van der Waals surface area contributed by atoms with E-state index in [-0.39, 0.29) is 18.0 Å². The SMILES string of the molecule is CCCCOCC[C@@H](Cc1cc(F)c(F)cc1F)NCc1ccccc1. The first-order valence-corrected chi connectivity index (χ1v) is 9.08. The van der Waals surface area contributed by atoms with Crippen LogP contribution in [0.4, 0.5) is 13.2 Å². The highest BCUT2D eigenvalue weighted by Crippen LogP contribution is 2.17. The molecular formula is C21H26F3NO. The smallest absolute Gasteiger partial charge is 0.161 e. The minimum Gasteiger partial charge on any atom is -0.381 e. The van der Waals surface area contributed by atoms with Crippen molar-refractivity contribution in [2.45, 2.75) is 45.2 Å². The predicted molar refractivity (Wildman–Crippen MR) is 97.4 cm³/mol. The number of halogens is 3. The molecule has 26 heavy (non-hydrogen) atoms. The van der Waals surface area contributed by atoms with E-state index in [1.807, 2.05) is 30.3 Å². The van der Waals surface area contributed by atoms with Gasteiger partial charge in [0.25, 0.3) is 0 Å². The third-order valence-corrected chi connectivity index (χ3v) is 4.25. The molecule has 5 heteroatoms. The molecule has 142 valence electrons. The first-order valence-electron chi connectivity index (χ1n) is 9.08. The fourth-order valence-electron chi connectivity index (χ4n) is 2.69. The Hall–Kier alpha value is -1.85. The molecule has 0 radical (unpaired) electrons. The second-order valence-corrected chi connectivity index (χ2v) is 6.38. The lowest BCUT2D eigenvalue weighted by atomic mass is 10.0. The Balaban J connectivity index is 1.98. The van der Waals surface area contributed by atoms with Gasteiger partial charge in [0.1, 0.15) is 5.82 Å². The van der Waals surface area contributed by atoms with Crippen LogP contribution in [-0.4, -0.2) is 19.3 Å². The van der Waals surface area contributed by atoms with E-state index in [9.17, 15) is 13.2 Å². The lowest BCUT2D eigenvalue weighted by Crippen LogP contribution is -2.32. The van der Waals surface area contributed by atoms with Crippen LogP contribution in [0.25, 0.3) is 0 Å². The van der Waals surface area contributed by atoms with Gasteiger partial charge < -0.3 is 10.1 Å². The van der Waals surface area contributed by atoms with Gasteiger partial charge in [0.2, 0.25) is 0 Å². The minimum atomic E-state index is -1.16. The molecule has 2 aromatic carbocycles. The zero-order valence-electron chi connectivity index (χ0n) is 15.1. The highest BCUT2D eigenvalue weighted by Gasteiger charge is 2.15. The molecular weight excluding hydrogens is 339 g/mol. The van der Waals surface area contributed by atoms with Crippen molar-refractivity contribution in [3.63, 3.8) is 0 Å². The summed E-state index contributed by atoms with van der Waals surface area (Å²) in [6.45, 7) is 3.95. The van der Waals surface area contributed by atoms with E-state index < -0.39 is 17.5 Å². The number of benzene rings is 2. The maximum absolute atomic E-state index is 14.0. The normalized spacial score (nSPS) is 12.3. The van der Waals surface area contributed by atoms with Gasteiger partial charge in [-0.05, 0) is 36.5 Å². The molecule has 2 rings (SSSR count). The summed E-state index contributed by atoms with van der Waals surface area (Å²) in [5.74, 6) is -2.91. The average molecular weight is 365 g/mol. The number of ether oxygens (including phenoxy) is 1. The Morgan fingerprint density at radius 3 is 2.42 bits per heavy atom.